The first-order valence-corrected chi connectivity index (χ1v) is 31.3. The lowest BCUT2D eigenvalue weighted by Gasteiger charge is -2.18. The highest BCUT2D eigenvalue weighted by Crippen LogP contribution is 2.13. The van der Waals surface area contributed by atoms with Crippen molar-refractivity contribution in [3.05, 3.63) is 182 Å². The quantitative estimate of drug-likeness (QED) is 0.0261. The van der Waals surface area contributed by atoms with Gasteiger partial charge in [0.25, 0.3) is 0 Å². The minimum Gasteiger partial charge on any atom is -0.462 e. The molecule has 0 aromatic rings. The van der Waals surface area contributed by atoms with Crippen LogP contribution in [-0.2, 0) is 28.6 Å². The monoisotopic (exact) mass is 1080 g/mol. The van der Waals surface area contributed by atoms with Crippen LogP contribution in [0.1, 0.15) is 239 Å². The minimum absolute atomic E-state index is 0.114. The van der Waals surface area contributed by atoms with E-state index in [9.17, 15) is 14.4 Å². The lowest BCUT2D eigenvalue weighted by atomic mass is 10.1. The van der Waals surface area contributed by atoms with Gasteiger partial charge in [0.05, 0.1) is 0 Å². The fourth-order valence-corrected chi connectivity index (χ4v) is 7.80. The van der Waals surface area contributed by atoms with E-state index in [1.54, 1.807) is 0 Å². The van der Waals surface area contributed by atoms with Crippen molar-refractivity contribution in [2.45, 2.75) is 245 Å². The van der Waals surface area contributed by atoms with Crippen molar-refractivity contribution in [1.29, 1.82) is 0 Å². The fraction of sp³-hybridized carbons (Fsp3) is 0.548. The van der Waals surface area contributed by atoms with E-state index in [0.29, 0.717) is 12.8 Å². The van der Waals surface area contributed by atoms with E-state index < -0.39 is 6.10 Å². The molecule has 0 radical (unpaired) electrons. The first-order chi connectivity index (χ1) is 39.0. The Balaban J connectivity index is 4.44. The Morgan fingerprint density at radius 1 is 0.266 bits per heavy atom. The molecular weight excluding hydrogens is 973 g/mol. The molecule has 0 N–H and O–H groups in total. The first-order valence-electron chi connectivity index (χ1n) is 31.3. The van der Waals surface area contributed by atoms with Crippen LogP contribution in [0.3, 0.4) is 0 Å². The third kappa shape index (κ3) is 63.2. The van der Waals surface area contributed by atoms with Crippen LogP contribution in [0.2, 0.25) is 0 Å². The van der Waals surface area contributed by atoms with Crippen LogP contribution in [0.4, 0.5) is 0 Å². The normalized spacial score (nSPS) is 13.4. The van der Waals surface area contributed by atoms with E-state index in [1.807, 2.05) is 0 Å². The smallest absolute Gasteiger partial charge is 0.306 e. The number of hydrogen-bond acceptors (Lipinski definition) is 6. The van der Waals surface area contributed by atoms with Crippen LogP contribution in [0, 0.1) is 0 Å². The summed E-state index contributed by atoms with van der Waals surface area (Å²) in [5.74, 6) is -1.01. The Labute approximate surface area is 484 Å². The molecule has 6 heteroatoms. The molecule has 6 nitrogen and oxygen atoms in total. The molecule has 0 aliphatic rings. The lowest BCUT2D eigenvalue weighted by molar-refractivity contribution is -0.167. The van der Waals surface area contributed by atoms with Crippen LogP contribution >= 0.6 is 0 Å². The zero-order valence-corrected chi connectivity index (χ0v) is 50.3. The van der Waals surface area contributed by atoms with Crippen LogP contribution in [-0.4, -0.2) is 37.2 Å². The molecule has 1 unspecified atom stereocenters. The maximum absolute atomic E-state index is 12.9. The van der Waals surface area contributed by atoms with E-state index in [-0.39, 0.29) is 44.0 Å². The SMILES string of the molecule is CC/C=C\C/C=C\C/C=C\C/C=C\C/C=C\C/C=C\C/C=C\C/C=C\C/C=C\CCCC(=O)OCC(COC(=O)CCCCCCCCCCC)OC(=O)CCCCCC/C=C\C/C=C\C/C=C\C/C=C\C/C=C\C/C=C\CC. The second-order valence-corrected chi connectivity index (χ2v) is 19.9. The van der Waals surface area contributed by atoms with Gasteiger partial charge in [0, 0.05) is 19.3 Å². The molecule has 440 valence electrons. The van der Waals surface area contributed by atoms with Crippen molar-refractivity contribution in [3.63, 3.8) is 0 Å². The molecule has 0 saturated heterocycles. The Hall–Kier alpha value is -5.49. The van der Waals surface area contributed by atoms with E-state index >= 15 is 0 Å². The zero-order chi connectivity index (χ0) is 57.1. The molecule has 0 bridgehead atoms. The van der Waals surface area contributed by atoms with E-state index in [1.165, 1.54) is 38.5 Å². The van der Waals surface area contributed by atoms with Crippen molar-refractivity contribution >= 4 is 17.9 Å². The average Bonchev–Trinajstić information content (AvgIpc) is 3.45. The summed E-state index contributed by atoms with van der Waals surface area (Å²) in [4.78, 5) is 38.1. The van der Waals surface area contributed by atoms with Gasteiger partial charge >= 0.3 is 17.9 Å². The van der Waals surface area contributed by atoms with Gasteiger partial charge in [-0.15, -0.1) is 0 Å². The number of carbonyl (C=O) groups is 3. The summed E-state index contributed by atoms with van der Waals surface area (Å²) in [6, 6.07) is 0. The van der Waals surface area contributed by atoms with Gasteiger partial charge in [-0.2, -0.15) is 0 Å². The predicted octanol–water partition coefficient (Wildman–Crippen LogP) is 21.7. The predicted molar refractivity (Wildman–Crippen MR) is 343 cm³/mol. The highest BCUT2D eigenvalue weighted by molar-refractivity contribution is 5.71. The topological polar surface area (TPSA) is 78.9 Å². The van der Waals surface area contributed by atoms with Crippen LogP contribution in [0.25, 0.3) is 0 Å². The second-order valence-electron chi connectivity index (χ2n) is 19.9. The molecule has 79 heavy (non-hydrogen) atoms. The summed E-state index contributed by atoms with van der Waals surface area (Å²) in [6.45, 7) is 6.30. The van der Waals surface area contributed by atoms with Gasteiger partial charge in [0.2, 0.25) is 0 Å². The summed E-state index contributed by atoms with van der Waals surface area (Å²) in [6.07, 6.45) is 97.6. The summed E-state index contributed by atoms with van der Waals surface area (Å²) in [5.41, 5.74) is 0. The van der Waals surface area contributed by atoms with Gasteiger partial charge in [-0.05, 0) is 135 Å². The molecule has 1 atom stereocenters. The summed E-state index contributed by atoms with van der Waals surface area (Å²) in [5, 5.41) is 0. The number of unbranched alkanes of at least 4 members (excludes halogenated alkanes) is 13. The van der Waals surface area contributed by atoms with Gasteiger partial charge in [0.15, 0.2) is 6.10 Å². The van der Waals surface area contributed by atoms with E-state index in [2.05, 4.69) is 203 Å². The molecule has 0 aromatic carbocycles. The maximum atomic E-state index is 12.9. The first kappa shape index (κ1) is 73.5. The molecule has 0 heterocycles. The number of esters is 3. The Kier molecular flexibility index (Phi) is 60.5. The van der Waals surface area contributed by atoms with Crippen LogP contribution in [0.15, 0.2) is 182 Å². The van der Waals surface area contributed by atoms with Crippen molar-refractivity contribution in [1.82, 2.24) is 0 Å². The van der Waals surface area contributed by atoms with Gasteiger partial charge in [0.1, 0.15) is 13.2 Å². The van der Waals surface area contributed by atoms with E-state index in [0.717, 1.165) is 154 Å². The van der Waals surface area contributed by atoms with Crippen molar-refractivity contribution in [3.8, 4) is 0 Å². The van der Waals surface area contributed by atoms with Crippen molar-refractivity contribution in [2.75, 3.05) is 13.2 Å². The lowest BCUT2D eigenvalue weighted by Crippen LogP contribution is -2.30. The molecule has 0 amide bonds. The van der Waals surface area contributed by atoms with Crippen LogP contribution in [0.5, 0.6) is 0 Å². The highest BCUT2D eigenvalue weighted by atomic mass is 16.6. The maximum Gasteiger partial charge on any atom is 0.306 e. The highest BCUT2D eigenvalue weighted by Gasteiger charge is 2.19. The molecule has 0 fully saturated rings. The Bertz CT molecular complexity index is 1870. The van der Waals surface area contributed by atoms with Gasteiger partial charge in [-0.25, -0.2) is 0 Å². The molecule has 0 aliphatic carbocycles. The van der Waals surface area contributed by atoms with Crippen molar-refractivity contribution in [2.24, 2.45) is 0 Å². The fourth-order valence-electron chi connectivity index (χ4n) is 7.80. The zero-order valence-electron chi connectivity index (χ0n) is 50.3. The van der Waals surface area contributed by atoms with Crippen molar-refractivity contribution < 1.29 is 28.6 Å². The Morgan fingerprint density at radius 2 is 0.506 bits per heavy atom. The average molecular weight is 1090 g/mol. The number of allylic oxidation sites excluding steroid dienone is 30. The van der Waals surface area contributed by atoms with E-state index in [4.69, 9.17) is 14.2 Å². The van der Waals surface area contributed by atoms with Crippen LogP contribution < -0.4 is 0 Å². The van der Waals surface area contributed by atoms with Gasteiger partial charge < -0.3 is 14.2 Å². The summed E-state index contributed by atoms with van der Waals surface area (Å²) in [7, 11) is 0. The number of rotatable bonds is 54. The summed E-state index contributed by atoms with van der Waals surface area (Å²) < 4.78 is 16.8. The second kappa shape index (κ2) is 65.0. The third-order valence-electron chi connectivity index (χ3n) is 12.4. The van der Waals surface area contributed by atoms with Gasteiger partial charge in [-0.3, -0.25) is 14.4 Å². The molecule has 0 spiro atoms. The Morgan fingerprint density at radius 3 is 0.823 bits per heavy atom. The third-order valence-corrected chi connectivity index (χ3v) is 12.4. The minimum atomic E-state index is -0.824. The summed E-state index contributed by atoms with van der Waals surface area (Å²) >= 11 is 0. The number of ether oxygens (including phenoxy) is 3. The van der Waals surface area contributed by atoms with Gasteiger partial charge in [-0.1, -0.05) is 267 Å². The number of hydrogen-bond donors (Lipinski definition) is 0. The molecule has 0 saturated carbocycles. The largest absolute Gasteiger partial charge is 0.462 e. The molecule has 0 rings (SSSR count). The molecular formula is C73H112O6. The molecule has 0 aliphatic heterocycles. The number of carbonyl (C=O) groups excluding carboxylic acids is 3. The molecule has 0 aromatic heterocycles. The standard InChI is InChI=1S/C73H112O6/c1-4-7-10-13-16-19-21-23-25-27-29-31-33-34-35-36-37-38-40-41-43-45-47-49-51-54-57-60-63-66-72(75)78-69-70(68-77-71(74)65-62-59-56-53-18-15-12-9-6-3)79-73(76)67-64-61-58-55-52-50-48-46-44-42-39-32-30-28-26-24-22-20-17-14-11-8-5-2/h7-8,10-11,16-17,19-20,23-26,29-32,34-35,37-38,41-44,47-50,54,57,70H,4-6,9,12-15,18,21-22,27-28,33,36,39-40,45-46,51-53,55-56,58-69H2,1-3H3/b10-7-,11-8-,19-16-,20-17-,25-23-,26-24-,31-29-,32-30-,35-34-,38-37-,43-41-,44-42-,49-47-,50-48-,57-54-.